The van der Waals surface area contributed by atoms with E-state index in [-0.39, 0.29) is 11.8 Å². The molecule has 1 fully saturated rings. The van der Waals surface area contributed by atoms with Gasteiger partial charge < -0.3 is 9.88 Å². The lowest BCUT2D eigenvalue weighted by Gasteiger charge is -2.32. The smallest absolute Gasteiger partial charge is 0.254 e. The van der Waals surface area contributed by atoms with Crippen molar-refractivity contribution in [2.24, 2.45) is 0 Å². The molecule has 0 bridgehead atoms. The molecule has 3 heterocycles. The van der Waals surface area contributed by atoms with Crippen LogP contribution < -0.4 is 0 Å². The second-order valence-corrected chi connectivity index (χ2v) is 8.62. The molecule has 30 heavy (non-hydrogen) atoms. The predicted octanol–water partition coefficient (Wildman–Crippen LogP) is 5.86. The van der Waals surface area contributed by atoms with Crippen LogP contribution in [0, 0.1) is 0 Å². The first kappa shape index (κ1) is 18.9. The summed E-state index contributed by atoms with van der Waals surface area (Å²) in [5, 5.41) is 2.26. The van der Waals surface area contributed by atoms with Gasteiger partial charge in [-0.3, -0.25) is 9.78 Å². The molecule has 1 saturated heterocycles. The molecule has 1 N–H and O–H groups in total. The predicted molar refractivity (Wildman–Crippen MR) is 122 cm³/mol. The van der Waals surface area contributed by atoms with Crippen LogP contribution in [0.15, 0.2) is 60.8 Å². The molecule has 0 spiro atoms. The van der Waals surface area contributed by atoms with Gasteiger partial charge in [0.1, 0.15) is 0 Å². The molecular formula is C26H27N3O. The fourth-order valence-electron chi connectivity index (χ4n) is 4.66. The summed E-state index contributed by atoms with van der Waals surface area (Å²) >= 11 is 0. The maximum Gasteiger partial charge on any atom is 0.254 e. The molecule has 5 rings (SSSR count). The summed E-state index contributed by atoms with van der Waals surface area (Å²) < 4.78 is 0. The average molecular weight is 398 g/mol. The number of hydrogen-bond donors (Lipinski definition) is 1. The lowest BCUT2D eigenvalue weighted by atomic mass is 9.89. The number of nitrogens with zero attached hydrogens (tertiary/aromatic N) is 2. The van der Waals surface area contributed by atoms with Crippen molar-refractivity contribution >= 4 is 27.7 Å². The topological polar surface area (TPSA) is 49.0 Å². The van der Waals surface area contributed by atoms with E-state index in [1.165, 1.54) is 16.5 Å². The Morgan fingerprint density at radius 2 is 1.73 bits per heavy atom. The van der Waals surface area contributed by atoms with Gasteiger partial charge in [0.05, 0.1) is 11.1 Å². The van der Waals surface area contributed by atoms with Crippen molar-refractivity contribution in [3.05, 3.63) is 77.6 Å². The zero-order valence-corrected chi connectivity index (χ0v) is 17.6. The average Bonchev–Trinajstić information content (AvgIpc) is 3.22. The first-order valence-electron chi connectivity index (χ1n) is 10.9. The Bertz CT molecular complexity index is 1220. The normalized spacial score (nSPS) is 15.4. The van der Waals surface area contributed by atoms with Crippen LogP contribution in [0.3, 0.4) is 0 Å². The van der Waals surface area contributed by atoms with Gasteiger partial charge in [-0.1, -0.05) is 50.2 Å². The van der Waals surface area contributed by atoms with E-state index in [0.717, 1.165) is 48.1 Å². The fourth-order valence-corrected chi connectivity index (χ4v) is 4.66. The maximum atomic E-state index is 13.5. The van der Waals surface area contributed by atoms with E-state index in [9.17, 15) is 4.79 Å². The number of fused-ring (bicyclic) bond motifs is 2. The first-order chi connectivity index (χ1) is 14.6. The summed E-state index contributed by atoms with van der Waals surface area (Å²) in [7, 11) is 0. The Balaban J connectivity index is 1.40. The van der Waals surface area contributed by atoms with Crippen LogP contribution in [0.1, 0.15) is 60.1 Å². The minimum Gasteiger partial charge on any atom is -0.361 e. The van der Waals surface area contributed by atoms with Crippen LogP contribution >= 0.6 is 0 Å². The van der Waals surface area contributed by atoms with Crippen LogP contribution in [0.2, 0.25) is 0 Å². The number of para-hydroxylation sites is 2. The lowest BCUT2D eigenvalue weighted by molar-refractivity contribution is 0.0715. The Kier molecular flexibility index (Phi) is 4.78. The molecule has 0 aliphatic carbocycles. The fraction of sp³-hybridized carbons (Fsp3) is 0.308. The highest BCUT2D eigenvalue weighted by Crippen LogP contribution is 2.34. The van der Waals surface area contributed by atoms with Crippen molar-refractivity contribution < 1.29 is 4.79 Å². The van der Waals surface area contributed by atoms with Crippen molar-refractivity contribution in [2.45, 2.75) is 38.5 Å². The Morgan fingerprint density at radius 1 is 1.03 bits per heavy atom. The third-order valence-corrected chi connectivity index (χ3v) is 6.40. The summed E-state index contributed by atoms with van der Waals surface area (Å²) in [5.41, 5.74) is 5.24. The van der Waals surface area contributed by atoms with Gasteiger partial charge in [-0.05, 0) is 48.4 Å². The van der Waals surface area contributed by atoms with Gasteiger partial charge in [0, 0.05) is 41.3 Å². The number of nitrogens with one attached hydrogen (secondary N) is 1. The number of aromatic amines is 1. The molecule has 2 aromatic carbocycles. The largest absolute Gasteiger partial charge is 0.361 e. The van der Waals surface area contributed by atoms with Crippen molar-refractivity contribution in [1.29, 1.82) is 0 Å². The number of carbonyl (C=O) groups is 1. The van der Waals surface area contributed by atoms with Gasteiger partial charge in [0.15, 0.2) is 0 Å². The van der Waals surface area contributed by atoms with Crippen LogP contribution in [-0.2, 0) is 0 Å². The van der Waals surface area contributed by atoms with E-state index in [0.29, 0.717) is 5.92 Å². The van der Waals surface area contributed by atoms with E-state index in [1.807, 2.05) is 35.2 Å². The zero-order chi connectivity index (χ0) is 20.7. The number of piperidine rings is 1. The van der Waals surface area contributed by atoms with E-state index >= 15 is 0 Å². The Hall–Kier alpha value is -3.14. The van der Waals surface area contributed by atoms with E-state index in [1.54, 1.807) is 0 Å². The molecule has 1 aliphatic heterocycles. The molecule has 0 unspecified atom stereocenters. The molecule has 4 aromatic rings. The number of H-pyrrole nitrogens is 1. The highest BCUT2D eigenvalue weighted by molar-refractivity contribution is 6.06. The van der Waals surface area contributed by atoms with Gasteiger partial charge in [-0.25, -0.2) is 0 Å². The molecule has 0 atom stereocenters. The van der Waals surface area contributed by atoms with Crippen molar-refractivity contribution in [3.63, 3.8) is 0 Å². The second kappa shape index (κ2) is 7.60. The number of amides is 1. The molecular weight excluding hydrogens is 370 g/mol. The van der Waals surface area contributed by atoms with Gasteiger partial charge >= 0.3 is 0 Å². The Labute approximate surface area is 176 Å². The minimum absolute atomic E-state index is 0.132. The molecule has 0 saturated carbocycles. The maximum absolute atomic E-state index is 13.5. The minimum atomic E-state index is 0.132. The lowest BCUT2D eigenvalue weighted by Crippen LogP contribution is -2.38. The van der Waals surface area contributed by atoms with Crippen molar-refractivity contribution in [1.82, 2.24) is 14.9 Å². The van der Waals surface area contributed by atoms with Crippen molar-refractivity contribution in [3.8, 4) is 0 Å². The highest BCUT2D eigenvalue weighted by atomic mass is 16.2. The van der Waals surface area contributed by atoms with Gasteiger partial charge in [-0.2, -0.15) is 0 Å². The summed E-state index contributed by atoms with van der Waals surface area (Å²) in [6.45, 7) is 5.82. The SMILES string of the molecule is CC(C)c1cc(C(=O)N2CCC(c3c[nH]c4ccccc34)CC2)c2ccccc2n1. The number of benzene rings is 2. The number of carbonyl (C=O) groups excluding carboxylic acids is 1. The third kappa shape index (κ3) is 3.26. The van der Waals surface area contributed by atoms with Gasteiger partial charge in [0.25, 0.3) is 5.91 Å². The summed E-state index contributed by atoms with van der Waals surface area (Å²) in [6.07, 6.45) is 4.14. The molecule has 2 aromatic heterocycles. The number of aromatic nitrogens is 2. The number of pyridine rings is 1. The number of rotatable bonds is 3. The Morgan fingerprint density at radius 3 is 2.50 bits per heavy atom. The standard InChI is InChI=1S/C26H27N3O/c1-17(2)25-15-21(19-7-4-6-10-24(19)28-25)26(30)29-13-11-18(12-14-29)22-16-27-23-9-5-3-8-20(22)23/h3-10,15-18,27H,11-14H2,1-2H3. The number of likely N-dealkylation sites (tertiary alicyclic amines) is 1. The van der Waals surface area contributed by atoms with E-state index in [4.69, 9.17) is 4.98 Å². The monoisotopic (exact) mass is 397 g/mol. The van der Waals surface area contributed by atoms with Gasteiger partial charge in [-0.15, -0.1) is 0 Å². The molecule has 4 heteroatoms. The molecule has 152 valence electrons. The first-order valence-corrected chi connectivity index (χ1v) is 10.9. The summed E-state index contributed by atoms with van der Waals surface area (Å²) in [4.78, 5) is 23.7. The summed E-state index contributed by atoms with van der Waals surface area (Å²) in [5.74, 6) is 0.909. The van der Waals surface area contributed by atoms with Gasteiger partial charge in [0.2, 0.25) is 0 Å². The van der Waals surface area contributed by atoms with Crippen LogP contribution in [0.5, 0.6) is 0 Å². The second-order valence-electron chi connectivity index (χ2n) is 8.62. The molecule has 1 aliphatic rings. The summed E-state index contributed by atoms with van der Waals surface area (Å²) in [6, 6.07) is 18.5. The zero-order valence-electron chi connectivity index (χ0n) is 17.6. The molecule has 1 amide bonds. The van der Waals surface area contributed by atoms with E-state index < -0.39 is 0 Å². The highest BCUT2D eigenvalue weighted by Gasteiger charge is 2.27. The van der Waals surface area contributed by atoms with Crippen molar-refractivity contribution in [2.75, 3.05) is 13.1 Å². The molecule has 0 radical (unpaired) electrons. The van der Waals surface area contributed by atoms with Crippen LogP contribution in [-0.4, -0.2) is 33.9 Å². The molecule has 4 nitrogen and oxygen atoms in total. The van der Waals surface area contributed by atoms with E-state index in [2.05, 4.69) is 49.3 Å². The quantitative estimate of drug-likeness (QED) is 0.471. The third-order valence-electron chi connectivity index (χ3n) is 6.40. The van der Waals surface area contributed by atoms with Crippen LogP contribution in [0.25, 0.3) is 21.8 Å². The van der Waals surface area contributed by atoms with Crippen LogP contribution in [0.4, 0.5) is 0 Å². The number of hydrogen-bond acceptors (Lipinski definition) is 2.